The van der Waals surface area contributed by atoms with Crippen LogP contribution in [0.25, 0.3) is 0 Å². The lowest BCUT2D eigenvalue weighted by atomic mass is 10.1. The molecule has 0 aliphatic carbocycles. The van der Waals surface area contributed by atoms with Gasteiger partial charge in [0.25, 0.3) is 0 Å². The summed E-state index contributed by atoms with van der Waals surface area (Å²) < 4.78 is 24.7. The lowest BCUT2D eigenvalue weighted by molar-refractivity contribution is 0.000254. The number of piperazine rings is 1. The van der Waals surface area contributed by atoms with Crippen molar-refractivity contribution < 1.29 is 19.0 Å². The maximum atomic E-state index is 13.6. The molecule has 0 saturated carbocycles. The van der Waals surface area contributed by atoms with E-state index in [-0.39, 0.29) is 19.0 Å². The highest BCUT2D eigenvalue weighted by Crippen LogP contribution is 2.26. The van der Waals surface area contributed by atoms with E-state index >= 15 is 0 Å². The summed E-state index contributed by atoms with van der Waals surface area (Å²) in [6.07, 6.45) is 0.443. The van der Waals surface area contributed by atoms with Crippen molar-refractivity contribution in [1.29, 1.82) is 0 Å². The van der Waals surface area contributed by atoms with Gasteiger partial charge in [0.2, 0.25) is 0 Å². The van der Waals surface area contributed by atoms with Crippen molar-refractivity contribution in [2.24, 2.45) is 0 Å². The molecule has 156 valence electrons. The first-order chi connectivity index (χ1) is 14.2. The molecule has 2 aliphatic heterocycles. The lowest BCUT2D eigenvalue weighted by Crippen LogP contribution is -2.48. The minimum atomic E-state index is -0.565. The second-order valence-corrected chi connectivity index (χ2v) is 7.88. The van der Waals surface area contributed by atoms with Gasteiger partial charge in [-0.1, -0.05) is 30.3 Å². The van der Waals surface area contributed by atoms with Crippen LogP contribution in [-0.4, -0.2) is 66.9 Å². The monoisotopic (exact) mass is 400 g/mol. The fourth-order valence-electron chi connectivity index (χ4n) is 4.00. The Morgan fingerprint density at radius 2 is 1.86 bits per heavy atom. The van der Waals surface area contributed by atoms with Crippen molar-refractivity contribution in [3.05, 3.63) is 65.0 Å². The number of aliphatic hydroxyl groups is 1. The summed E-state index contributed by atoms with van der Waals surface area (Å²) in [6, 6.07) is 13.1. The zero-order chi connectivity index (χ0) is 20.1. The van der Waals surface area contributed by atoms with E-state index in [4.69, 9.17) is 9.47 Å². The smallest absolute Gasteiger partial charge is 0.128 e. The Kier molecular flexibility index (Phi) is 6.77. The first-order valence-corrected chi connectivity index (χ1v) is 10.4. The largest absolute Gasteiger partial charge is 0.493 e. The highest BCUT2D eigenvalue weighted by atomic mass is 19.1. The van der Waals surface area contributed by atoms with Gasteiger partial charge in [-0.2, -0.15) is 0 Å². The average molecular weight is 400 g/mol. The van der Waals surface area contributed by atoms with Gasteiger partial charge in [0.15, 0.2) is 0 Å². The molecule has 0 aromatic heterocycles. The molecule has 1 fully saturated rings. The molecule has 29 heavy (non-hydrogen) atoms. The quantitative estimate of drug-likeness (QED) is 0.738. The summed E-state index contributed by atoms with van der Waals surface area (Å²) in [5.41, 5.74) is 3.18. The standard InChI is InChI=1S/C23H29FN2O3/c24-22-4-2-1-3-20(22)16-28-17-21(27)15-26-10-8-25(9-11-26)14-18-5-6-23-19(13-18)7-12-29-23/h1-6,13,21,27H,7-12,14-17H2. The summed E-state index contributed by atoms with van der Waals surface area (Å²) in [7, 11) is 0. The maximum absolute atomic E-state index is 13.6. The summed E-state index contributed by atoms with van der Waals surface area (Å²) in [4.78, 5) is 4.72. The summed E-state index contributed by atoms with van der Waals surface area (Å²) in [5, 5.41) is 10.3. The van der Waals surface area contributed by atoms with Gasteiger partial charge in [-0.25, -0.2) is 4.39 Å². The third-order valence-electron chi connectivity index (χ3n) is 5.62. The summed E-state index contributed by atoms with van der Waals surface area (Å²) in [5.74, 6) is 0.763. The number of rotatable bonds is 8. The third-order valence-corrected chi connectivity index (χ3v) is 5.62. The Morgan fingerprint density at radius 3 is 2.69 bits per heavy atom. The van der Waals surface area contributed by atoms with Crippen LogP contribution in [0.15, 0.2) is 42.5 Å². The number of nitrogens with zero attached hydrogens (tertiary/aromatic N) is 2. The first-order valence-electron chi connectivity index (χ1n) is 10.4. The predicted molar refractivity (Wildman–Crippen MR) is 109 cm³/mol. The van der Waals surface area contributed by atoms with E-state index in [9.17, 15) is 9.50 Å². The van der Waals surface area contributed by atoms with E-state index in [0.717, 1.165) is 51.5 Å². The lowest BCUT2D eigenvalue weighted by Gasteiger charge is -2.35. The van der Waals surface area contributed by atoms with Crippen LogP contribution < -0.4 is 4.74 Å². The third kappa shape index (κ3) is 5.54. The van der Waals surface area contributed by atoms with Crippen LogP contribution in [0.1, 0.15) is 16.7 Å². The van der Waals surface area contributed by atoms with Crippen molar-refractivity contribution in [3.63, 3.8) is 0 Å². The van der Waals surface area contributed by atoms with Crippen molar-refractivity contribution in [2.45, 2.75) is 25.7 Å². The number of β-amino-alcohol motifs (C(OH)–C–C–N with tert-alkyl or cyclic N) is 1. The van der Waals surface area contributed by atoms with Crippen LogP contribution in [0.2, 0.25) is 0 Å². The Morgan fingerprint density at radius 1 is 1.07 bits per heavy atom. The fourth-order valence-corrected chi connectivity index (χ4v) is 4.00. The molecule has 2 aromatic rings. The van der Waals surface area contributed by atoms with Gasteiger partial charge in [-0.05, 0) is 23.3 Å². The zero-order valence-electron chi connectivity index (χ0n) is 16.7. The first kappa shape index (κ1) is 20.3. The maximum Gasteiger partial charge on any atom is 0.128 e. The topological polar surface area (TPSA) is 45.2 Å². The summed E-state index contributed by atoms with van der Waals surface area (Å²) in [6.45, 7) is 6.55. The molecule has 1 saturated heterocycles. The van der Waals surface area contributed by atoms with E-state index in [1.54, 1.807) is 18.2 Å². The second-order valence-electron chi connectivity index (χ2n) is 7.88. The number of benzene rings is 2. The van der Waals surface area contributed by atoms with Crippen molar-refractivity contribution in [2.75, 3.05) is 45.9 Å². The zero-order valence-corrected chi connectivity index (χ0v) is 16.7. The highest BCUT2D eigenvalue weighted by molar-refractivity contribution is 5.39. The molecule has 2 heterocycles. The van der Waals surface area contributed by atoms with Crippen LogP contribution in [0.5, 0.6) is 5.75 Å². The molecule has 2 aromatic carbocycles. The Hall–Kier alpha value is -1.99. The predicted octanol–water partition coefficient (Wildman–Crippen LogP) is 2.46. The number of hydrogen-bond acceptors (Lipinski definition) is 5. The molecular formula is C23H29FN2O3. The van der Waals surface area contributed by atoms with Crippen molar-refractivity contribution >= 4 is 0 Å². The van der Waals surface area contributed by atoms with Gasteiger partial charge < -0.3 is 14.6 Å². The van der Waals surface area contributed by atoms with Gasteiger partial charge in [0.1, 0.15) is 11.6 Å². The van der Waals surface area contributed by atoms with Crippen LogP contribution >= 0.6 is 0 Å². The van der Waals surface area contributed by atoms with Crippen LogP contribution in [0.4, 0.5) is 4.39 Å². The molecule has 0 radical (unpaired) electrons. The molecule has 0 bridgehead atoms. The SMILES string of the molecule is OC(COCc1ccccc1F)CN1CCN(Cc2ccc3c(c2)CCO3)CC1. The van der Waals surface area contributed by atoms with E-state index in [1.807, 2.05) is 0 Å². The molecule has 2 aliphatic rings. The second kappa shape index (κ2) is 9.67. The molecule has 1 atom stereocenters. The minimum absolute atomic E-state index is 0.184. The van der Waals surface area contributed by atoms with E-state index in [1.165, 1.54) is 17.2 Å². The molecule has 5 nitrogen and oxygen atoms in total. The molecule has 0 amide bonds. The van der Waals surface area contributed by atoms with Crippen LogP contribution in [0, 0.1) is 5.82 Å². The van der Waals surface area contributed by atoms with E-state index in [0.29, 0.717) is 12.1 Å². The molecule has 0 spiro atoms. The molecule has 1 N–H and O–H groups in total. The van der Waals surface area contributed by atoms with Gasteiger partial charge in [-0.3, -0.25) is 9.80 Å². The molecular weight excluding hydrogens is 371 g/mol. The van der Waals surface area contributed by atoms with Crippen LogP contribution in [0.3, 0.4) is 0 Å². The summed E-state index contributed by atoms with van der Waals surface area (Å²) >= 11 is 0. The van der Waals surface area contributed by atoms with Crippen molar-refractivity contribution in [1.82, 2.24) is 9.80 Å². The van der Waals surface area contributed by atoms with Gasteiger partial charge in [0.05, 0.1) is 25.9 Å². The average Bonchev–Trinajstić information content (AvgIpc) is 3.19. The Bertz CT molecular complexity index is 808. The number of halogens is 1. The molecule has 1 unspecified atom stereocenters. The fraction of sp³-hybridized carbons (Fsp3) is 0.478. The van der Waals surface area contributed by atoms with Gasteiger partial charge in [0, 0.05) is 51.3 Å². The molecule has 4 rings (SSSR count). The van der Waals surface area contributed by atoms with Gasteiger partial charge >= 0.3 is 0 Å². The Balaban J connectivity index is 1.15. The minimum Gasteiger partial charge on any atom is -0.493 e. The molecule has 6 heteroatoms. The highest BCUT2D eigenvalue weighted by Gasteiger charge is 2.20. The Labute approximate surface area is 171 Å². The normalized spacial score (nSPS) is 18.4. The number of hydrogen-bond donors (Lipinski definition) is 1. The van der Waals surface area contributed by atoms with Gasteiger partial charge in [-0.15, -0.1) is 0 Å². The number of ether oxygens (including phenoxy) is 2. The van der Waals surface area contributed by atoms with Crippen LogP contribution in [-0.2, 0) is 24.3 Å². The van der Waals surface area contributed by atoms with E-state index < -0.39 is 6.10 Å². The number of aliphatic hydroxyl groups excluding tert-OH is 1. The number of fused-ring (bicyclic) bond motifs is 1. The van der Waals surface area contributed by atoms with Crippen molar-refractivity contribution in [3.8, 4) is 5.75 Å². The van der Waals surface area contributed by atoms with E-state index in [2.05, 4.69) is 28.0 Å².